The number of hydrogen-bond donors (Lipinski definition) is 0. The van der Waals surface area contributed by atoms with Crippen LogP contribution in [0.25, 0.3) is 44.3 Å². The molecule has 0 atom stereocenters. The van der Waals surface area contributed by atoms with Crippen LogP contribution in [0.2, 0.25) is 0 Å². The number of para-hydroxylation sites is 2. The van der Waals surface area contributed by atoms with E-state index in [0.29, 0.717) is 0 Å². The lowest BCUT2D eigenvalue weighted by Crippen LogP contribution is -2.57. The molecule has 0 unspecified atom stereocenters. The van der Waals surface area contributed by atoms with Gasteiger partial charge < -0.3 is 13.9 Å². The molecule has 0 radical (unpaired) electrons. The van der Waals surface area contributed by atoms with Gasteiger partial charge in [0.05, 0.1) is 16.7 Å². The zero-order chi connectivity index (χ0) is 33.9. The lowest BCUT2D eigenvalue weighted by atomic mass is 9.35. The smallest absolute Gasteiger partial charge is 0.253 e. The SMILES string of the molecule is c1ccc(-c2ccc3c(c2)B2c4ccc(-n5c6c(c7ccccc75)CCC6)cc4Oc4cc(-n5c6c(c7ccccc75)CCCC6)cc(c42)S3)cc1. The third kappa shape index (κ3) is 4.11. The standard InChI is InChI=1S/C47H35BN2OS/c1-2-11-29(12-3-1)30-21-24-45-38(25-30)48-37-23-22-31(49-39-17-7-4-15-35(39)36-16-10-20-42(36)49)26-43(37)51-44-27-32(28-46(52-45)47(44)48)50-40-18-8-5-13-33(40)34-14-6-9-19-41(34)50/h1-5,7-8,11-13,15,17-18,21-28H,6,9-10,14,16,19-20H2. The zero-order valence-electron chi connectivity index (χ0n) is 28.9. The van der Waals surface area contributed by atoms with Crippen LogP contribution in [0.5, 0.6) is 11.5 Å². The van der Waals surface area contributed by atoms with Crippen molar-refractivity contribution in [2.24, 2.45) is 0 Å². The third-order valence-electron chi connectivity index (χ3n) is 12.2. The van der Waals surface area contributed by atoms with E-state index in [-0.39, 0.29) is 6.71 Å². The molecule has 0 bridgehead atoms. The van der Waals surface area contributed by atoms with Gasteiger partial charge in [-0.05, 0) is 108 Å². The Morgan fingerprint density at radius 1 is 0.500 bits per heavy atom. The predicted molar refractivity (Wildman–Crippen MR) is 216 cm³/mol. The maximum absolute atomic E-state index is 7.18. The number of aromatic nitrogens is 2. The highest BCUT2D eigenvalue weighted by Gasteiger charge is 2.40. The first kappa shape index (κ1) is 29.2. The molecule has 2 aromatic heterocycles. The van der Waals surface area contributed by atoms with E-state index in [1.165, 1.54) is 112 Å². The molecule has 248 valence electrons. The first-order valence-corrected chi connectivity index (χ1v) is 19.7. The molecule has 8 aromatic rings. The largest absolute Gasteiger partial charge is 0.458 e. The van der Waals surface area contributed by atoms with Crippen LogP contribution in [-0.2, 0) is 25.7 Å². The van der Waals surface area contributed by atoms with Crippen molar-refractivity contribution >= 4 is 56.7 Å². The second-order valence-electron chi connectivity index (χ2n) is 14.9. The maximum atomic E-state index is 7.18. The average Bonchev–Trinajstić information content (AvgIpc) is 3.89. The molecule has 3 nitrogen and oxygen atoms in total. The first-order valence-electron chi connectivity index (χ1n) is 18.9. The zero-order valence-corrected chi connectivity index (χ0v) is 29.7. The fourth-order valence-electron chi connectivity index (χ4n) is 9.97. The molecule has 0 saturated carbocycles. The summed E-state index contributed by atoms with van der Waals surface area (Å²) < 4.78 is 12.2. The van der Waals surface area contributed by atoms with Gasteiger partial charge in [0.15, 0.2) is 0 Å². The lowest BCUT2D eigenvalue weighted by Gasteiger charge is -2.34. The number of benzene rings is 6. The molecule has 0 spiro atoms. The monoisotopic (exact) mass is 686 g/mol. The molecule has 0 amide bonds. The summed E-state index contributed by atoms with van der Waals surface area (Å²) in [7, 11) is 0. The minimum Gasteiger partial charge on any atom is -0.458 e. The van der Waals surface area contributed by atoms with Gasteiger partial charge in [-0.1, -0.05) is 102 Å². The molecule has 4 heterocycles. The molecule has 4 aliphatic rings. The van der Waals surface area contributed by atoms with Crippen molar-refractivity contribution in [3.8, 4) is 34.0 Å². The van der Waals surface area contributed by atoms with Crippen LogP contribution in [0.3, 0.4) is 0 Å². The number of rotatable bonds is 3. The Kier molecular flexibility index (Phi) is 6.21. The summed E-state index contributed by atoms with van der Waals surface area (Å²) in [5, 5.41) is 2.79. The van der Waals surface area contributed by atoms with Gasteiger partial charge in [0.2, 0.25) is 0 Å². The topological polar surface area (TPSA) is 19.1 Å². The van der Waals surface area contributed by atoms with Crippen molar-refractivity contribution in [2.45, 2.75) is 54.7 Å². The van der Waals surface area contributed by atoms with Gasteiger partial charge in [-0.3, -0.25) is 0 Å². The van der Waals surface area contributed by atoms with E-state index in [1.54, 1.807) is 0 Å². The van der Waals surface area contributed by atoms with Crippen LogP contribution in [0, 0.1) is 0 Å². The summed E-state index contributed by atoms with van der Waals surface area (Å²) in [5.41, 5.74) is 17.4. The molecule has 12 rings (SSSR count). The Morgan fingerprint density at radius 2 is 1.17 bits per heavy atom. The number of hydrogen-bond acceptors (Lipinski definition) is 2. The third-order valence-corrected chi connectivity index (χ3v) is 13.3. The highest BCUT2D eigenvalue weighted by molar-refractivity contribution is 8.00. The highest BCUT2D eigenvalue weighted by Crippen LogP contribution is 2.43. The second-order valence-corrected chi connectivity index (χ2v) is 16.0. The van der Waals surface area contributed by atoms with Crippen LogP contribution >= 0.6 is 11.8 Å². The van der Waals surface area contributed by atoms with Crippen molar-refractivity contribution in [1.82, 2.24) is 9.13 Å². The van der Waals surface area contributed by atoms with Crippen molar-refractivity contribution in [3.05, 3.63) is 150 Å². The summed E-state index contributed by atoms with van der Waals surface area (Å²) >= 11 is 1.90. The van der Waals surface area contributed by atoms with Crippen LogP contribution in [0.1, 0.15) is 41.8 Å². The number of aryl methyl sites for hydroxylation is 2. The Labute approximate surface area is 308 Å². The van der Waals surface area contributed by atoms with Gasteiger partial charge in [-0.25, -0.2) is 0 Å². The molecule has 0 saturated heterocycles. The number of ether oxygens (including phenoxy) is 1. The van der Waals surface area contributed by atoms with E-state index in [9.17, 15) is 0 Å². The highest BCUT2D eigenvalue weighted by atomic mass is 32.2. The molecular weight excluding hydrogens is 651 g/mol. The van der Waals surface area contributed by atoms with E-state index >= 15 is 0 Å². The Hall–Kier alpha value is -5.39. The molecule has 0 N–H and O–H groups in total. The molecule has 5 heteroatoms. The minimum absolute atomic E-state index is 0.0826. The number of nitrogens with zero attached hydrogens (tertiary/aromatic N) is 2. The fraction of sp³-hybridized carbons (Fsp3) is 0.149. The normalized spacial score (nSPS) is 15.2. The van der Waals surface area contributed by atoms with Crippen LogP contribution in [0.15, 0.2) is 137 Å². The van der Waals surface area contributed by atoms with E-state index < -0.39 is 0 Å². The van der Waals surface area contributed by atoms with Gasteiger partial charge in [0.25, 0.3) is 6.71 Å². The summed E-state index contributed by atoms with van der Waals surface area (Å²) in [6, 6.07) is 47.6. The quantitative estimate of drug-likeness (QED) is 0.173. The lowest BCUT2D eigenvalue weighted by molar-refractivity contribution is 0.485. The molecule has 0 fully saturated rings. The summed E-state index contributed by atoms with van der Waals surface area (Å²) in [6.45, 7) is 0.0826. The van der Waals surface area contributed by atoms with Crippen LogP contribution in [0.4, 0.5) is 0 Å². The van der Waals surface area contributed by atoms with Gasteiger partial charge in [0, 0.05) is 49.8 Å². The minimum atomic E-state index is 0.0826. The Balaban J connectivity index is 1.09. The summed E-state index contributed by atoms with van der Waals surface area (Å²) in [4.78, 5) is 2.62. The average molecular weight is 687 g/mol. The van der Waals surface area contributed by atoms with E-state index in [1.807, 2.05) is 11.8 Å². The van der Waals surface area contributed by atoms with E-state index in [2.05, 4.69) is 137 Å². The number of fused-ring (bicyclic) bond motifs is 10. The van der Waals surface area contributed by atoms with Gasteiger partial charge in [0.1, 0.15) is 11.5 Å². The van der Waals surface area contributed by atoms with Crippen molar-refractivity contribution in [3.63, 3.8) is 0 Å². The first-order chi connectivity index (χ1) is 25.8. The maximum Gasteiger partial charge on any atom is 0.253 e. The molecule has 52 heavy (non-hydrogen) atoms. The van der Waals surface area contributed by atoms with Crippen LogP contribution in [-0.4, -0.2) is 15.8 Å². The van der Waals surface area contributed by atoms with E-state index in [4.69, 9.17) is 4.74 Å². The van der Waals surface area contributed by atoms with Gasteiger partial charge >= 0.3 is 0 Å². The molecule has 2 aliphatic heterocycles. The van der Waals surface area contributed by atoms with E-state index in [0.717, 1.165) is 37.2 Å². The van der Waals surface area contributed by atoms with Gasteiger partial charge in [-0.15, -0.1) is 0 Å². The summed E-state index contributed by atoms with van der Waals surface area (Å²) in [6.07, 6.45) is 8.24. The molecule has 2 aliphatic carbocycles. The Morgan fingerprint density at radius 3 is 1.98 bits per heavy atom. The summed E-state index contributed by atoms with van der Waals surface area (Å²) in [5.74, 6) is 1.94. The van der Waals surface area contributed by atoms with Gasteiger partial charge in [-0.2, -0.15) is 0 Å². The predicted octanol–water partition coefficient (Wildman–Crippen LogP) is 9.70. The van der Waals surface area contributed by atoms with Crippen LogP contribution < -0.4 is 21.1 Å². The molecule has 6 aromatic carbocycles. The van der Waals surface area contributed by atoms with Crippen molar-refractivity contribution < 1.29 is 4.74 Å². The Bertz CT molecular complexity index is 2790. The van der Waals surface area contributed by atoms with Crippen molar-refractivity contribution in [2.75, 3.05) is 0 Å². The molecular formula is C47H35BN2OS. The van der Waals surface area contributed by atoms with Crippen molar-refractivity contribution in [1.29, 1.82) is 0 Å². The second kappa shape index (κ2) is 11.1. The fourth-order valence-corrected chi connectivity index (χ4v) is 11.1.